The third-order valence-corrected chi connectivity index (χ3v) is 5.51. The number of carbonyl (C=O) groups is 1. The van der Waals surface area contributed by atoms with Gasteiger partial charge in [0.25, 0.3) is 5.91 Å². The zero-order chi connectivity index (χ0) is 20.3. The predicted molar refractivity (Wildman–Crippen MR) is 114 cm³/mol. The third kappa shape index (κ3) is 3.70. The highest BCUT2D eigenvalue weighted by Crippen LogP contribution is 2.33. The summed E-state index contributed by atoms with van der Waals surface area (Å²) in [5.41, 5.74) is 2.45. The van der Waals surface area contributed by atoms with Gasteiger partial charge in [0.1, 0.15) is 13.2 Å². The van der Waals surface area contributed by atoms with Crippen LogP contribution in [0.1, 0.15) is 23.2 Å². The lowest BCUT2D eigenvalue weighted by molar-refractivity contribution is 0.0714. The van der Waals surface area contributed by atoms with Gasteiger partial charge in [-0.1, -0.05) is 12.1 Å². The average molecular weight is 404 g/mol. The highest BCUT2D eigenvalue weighted by molar-refractivity contribution is 5.97. The summed E-state index contributed by atoms with van der Waals surface area (Å²) in [5, 5.41) is 7.85. The van der Waals surface area contributed by atoms with Crippen LogP contribution >= 0.6 is 0 Å². The van der Waals surface area contributed by atoms with Crippen LogP contribution in [-0.4, -0.2) is 52.9 Å². The van der Waals surface area contributed by atoms with Crippen LogP contribution in [0.4, 0.5) is 5.69 Å². The Morgan fingerprint density at radius 2 is 1.93 bits per heavy atom. The van der Waals surface area contributed by atoms with Crippen molar-refractivity contribution < 1.29 is 14.3 Å². The third-order valence-electron chi connectivity index (χ3n) is 5.51. The van der Waals surface area contributed by atoms with Gasteiger partial charge in [0.2, 0.25) is 0 Å². The number of hydrogen-bond acceptors (Lipinski definition) is 5. The number of carbonyl (C=O) groups excluding carboxylic acids is 1. The van der Waals surface area contributed by atoms with E-state index in [1.165, 1.54) is 0 Å². The van der Waals surface area contributed by atoms with Crippen molar-refractivity contribution in [3.05, 3.63) is 66.5 Å². The molecule has 0 bridgehead atoms. The molecule has 1 fully saturated rings. The first-order chi connectivity index (χ1) is 14.8. The van der Waals surface area contributed by atoms with E-state index < -0.39 is 0 Å². The molecule has 7 heteroatoms. The number of rotatable bonds is 4. The molecule has 2 aromatic carbocycles. The fraction of sp³-hybridized carbons (Fsp3) is 0.304. The van der Waals surface area contributed by atoms with E-state index in [-0.39, 0.29) is 11.9 Å². The quantitative estimate of drug-likeness (QED) is 0.722. The first kappa shape index (κ1) is 18.5. The lowest BCUT2D eigenvalue weighted by Crippen LogP contribution is -2.45. The Balaban J connectivity index is 1.31. The van der Waals surface area contributed by atoms with Crippen molar-refractivity contribution in [2.24, 2.45) is 0 Å². The van der Waals surface area contributed by atoms with Crippen LogP contribution in [0.2, 0.25) is 0 Å². The van der Waals surface area contributed by atoms with E-state index in [4.69, 9.17) is 9.47 Å². The van der Waals surface area contributed by atoms with Crippen molar-refractivity contribution in [1.82, 2.24) is 14.7 Å². The fourth-order valence-corrected chi connectivity index (χ4v) is 4.08. The number of nitrogens with one attached hydrogen (secondary N) is 1. The van der Waals surface area contributed by atoms with E-state index in [9.17, 15) is 4.79 Å². The molecule has 7 nitrogen and oxygen atoms in total. The van der Waals surface area contributed by atoms with E-state index in [1.807, 2.05) is 59.6 Å². The number of hydrogen-bond donors (Lipinski definition) is 1. The van der Waals surface area contributed by atoms with E-state index in [0.29, 0.717) is 25.3 Å². The number of ether oxygens (including phenoxy) is 2. The first-order valence-corrected chi connectivity index (χ1v) is 10.3. The molecule has 3 aromatic rings. The summed E-state index contributed by atoms with van der Waals surface area (Å²) in [7, 11) is 0. The van der Waals surface area contributed by atoms with Crippen molar-refractivity contribution in [3.63, 3.8) is 0 Å². The summed E-state index contributed by atoms with van der Waals surface area (Å²) in [6.45, 7) is 2.56. The number of aromatic nitrogens is 2. The molecule has 0 aliphatic carbocycles. The van der Waals surface area contributed by atoms with Gasteiger partial charge >= 0.3 is 0 Å². The second-order valence-corrected chi connectivity index (χ2v) is 7.56. The topological polar surface area (TPSA) is 68.6 Å². The minimum absolute atomic E-state index is 0.0368. The van der Waals surface area contributed by atoms with Crippen molar-refractivity contribution >= 4 is 11.6 Å². The lowest BCUT2D eigenvalue weighted by Gasteiger charge is -2.34. The Bertz CT molecular complexity index is 1030. The smallest absolute Gasteiger partial charge is 0.256 e. The van der Waals surface area contributed by atoms with E-state index >= 15 is 0 Å². The maximum absolute atomic E-state index is 13.3. The minimum Gasteiger partial charge on any atom is -0.486 e. The molecule has 0 radical (unpaired) electrons. The molecule has 1 unspecified atom stereocenters. The summed E-state index contributed by atoms with van der Waals surface area (Å²) >= 11 is 0. The van der Waals surface area contributed by atoms with Gasteiger partial charge in [-0.3, -0.25) is 4.79 Å². The number of para-hydroxylation sites is 1. The minimum atomic E-state index is 0.0368. The molecule has 1 amide bonds. The second kappa shape index (κ2) is 8.10. The maximum atomic E-state index is 13.3. The highest BCUT2D eigenvalue weighted by Gasteiger charge is 2.26. The van der Waals surface area contributed by atoms with Crippen LogP contribution in [0.5, 0.6) is 11.5 Å². The standard InChI is InChI=1S/C23H24N4O3/c28-23(19-6-1-2-7-20(19)27-12-4-10-24-27)26-11-3-5-18(16-26)25-17-8-9-21-22(15-17)30-14-13-29-21/h1-2,4,6-10,12,15,18,25H,3,5,11,13-14,16H2. The highest BCUT2D eigenvalue weighted by atomic mass is 16.6. The number of fused-ring (bicyclic) bond motifs is 1. The molecule has 3 heterocycles. The van der Waals surface area contributed by atoms with Crippen molar-refractivity contribution in [1.29, 1.82) is 0 Å². The van der Waals surface area contributed by atoms with Crippen LogP contribution in [0.15, 0.2) is 60.9 Å². The molecule has 0 spiro atoms. The van der Waals surface area contributed by atoms with Gasteiger partial charge in [-0.05, 0) is 43.2 Å². The van der Waals surface area contributed by atoms with Gasteiger partial charge in [0.05, 0.1) is 11.3 Å². The van der Waals surface area contributed by atoms with Gasteiger partial charge in [-0.15, -0.1) is 0 Å². The van der Waals surface area contributed by atoms with Crippen LogP contribution in [0, 0.1) is 0 Å². The van der Waals surface area contributed by atoms with Gasteiger partial charge in [0, 0.05) is 43.3 Å². The molecule has 1 aromatic heterocycles. The normalized spacial score (nSPS) is 18.1. The Hall–Kier alpha value is -3.48. The molecule has 1 atom stereocenters. The molecule has 2 aliphatic rings. The summed E-state index contributed by atoms with van der Waals surface area (Å²) in [6, 6.07) is 15.6. The molecular formula is C23H24N4O3. The van der Waals surface area contributed by atoms with E-state index in [0.717, 1.165) is 42.3 Å². The number of piperidine rings is 1. The molecule has 154 valence electrons. The Morgan fingerprint density at radius 3 is 2.80 bits per heavy atom. The van der Waals surface area contributed by atoms with Crippen LogP contribution < -0.4 is 14.8 Å². The van der Waals surface area contributed by atoms with Crippen LogP contribution in [0.25, 0.3) is 5.69 Å². The number of likely N-dealkylation sites (tertiary alicyclic amines) is 1. The molecule has 1 saturated heterocycles. The molecule has 0 saturated carbocycles. The van der Waals surface area contributed by atoms with Crippen molar-refractivity contribution in [3.8, 4) is 17.2 Å². The zero-order valence-electron chi connectivity index (χ0n) is 16.7. The second-order valence-electron chi connectivity index (χ2n) is 7.56. The number of benzene rings is 2. The van der Waals surface area contributed by atoms with Gasteiger partial charge in [-0.25, -0.2) is 4.68 Å². The van der Waals surface area contributed by atoms with Crippen molar-refractivity contribution in [2.45, 2.75) is 18.9 Å². The number of anilines is 1. The number of nitrogens with zero attached hydrogens (tertiary/aromatic N) is 3. The largest absolute Gasteiger partial charge is 0.486 e. The summed E-state index contributed by atoms with van der Waals surface area (Å²) in [5.74, 6) is 1.58. The Labute approximate surface area is 175 Å². The van der Waals surface area contributed by atoms with Crippen LogP contribution in [0.3, 0.4) is 0 Å². The molecule has 30 heavy (non-hydrogen) atoms. The van der Waals surface area contributed by atoms with Gasteiger partial charge < -0.3 is 19.7 Å². The van der Waals surface area contributed by atoms with E-state index in [2.05, 4.69) is 10.4 Å². The van der Waals surface area contributed by atoms with Crippen LogP contribution in [-0.2, 0) is 0 Å². The fourth-order valence-electron chi connectivity index (χ4n) is 4.08. The predicted octanol–water partition coefficient (Wildman–Crippen LogP) is 3.36. The van der Waals surface area contributed by atoms with E-state index in [1.54, 1.807) is 10.9 Å². The Morgan fingerprint density at radius 1 is 1.07 bits per heavy atom. The summed E-state index contributed by atoms with van der Waals surface area (Å²) in [4.78, 5) is 15.3. The Kier molecular flexibility index (Phi) is 5.01. The molecule has 2 aliphatic heterocycles. The number of amides is 1. The molecular weight excluding hydrogens is 380 g/mol. The zero-order valence-corrected chi connectivity index (χ0v) is 16.7. The monoisotopic (exact) mass is 404 g/mol. The molecule has 5 rings (SSSR count). The summed E-state index contributed by atoms with van der Waals surface area (Å²) in [6.07, 6.45) is 5.54. The van der Waals surface area contributed by atoms with Crippen molar-refractivity contribution in [2.75, 3.05) is 31.6 Å². The summed E-state index contributed by atoms with van der Waals surface area (Å²) < 4.78 is 13.0. The molecule has 1 N–H and O–H groups in total. The maximum Gasteiger partial charge on any atom is 0.256 e. The van der Waals surface area contributed by atoms with Gasteiger partial charge in [-0.2, -0.15) is 5.10 Å². The van der Waals surface area contributed by atoms with Gasteiger partial charge in [0.15, 0.2) is 11.5 Å². The average Bonchev–Trinajstić information content (AvgIpc) is 3.34. The lowest BCUT2D eigenvalue weighted by atomic mass is 10.0. The first-order valence-electron chi connectivity index (χ1n) is 10.3. The SMILES string of the molecule is O=C(c1ccccc1-n1cccn1)N1CCCC(Nc2ccc3c(c2)OCCO3)C1.